The largest absolute Gasteiger partial charge is 0.362 e. The van der Waals surface area contributed by atoms with Crippen molar-refractivity contribution in [2.75, 3.05) is 23.3 Å². The molecule has 1 aromatic heterocycles. The second-order valence-electron chi connectivity index (χ2n) is 7.31. The van der Waals surface area contributed by atoms with Crippen LogP contribution in [0.4, 0.5) is 17.1 Å². The third kappa shape index (κ3) is 4.41. The predicted molar refractivity (Wildman–Crippen MR) is 119 cm³/mol. The molecule has 4 rings (SSSR count). The molecule has 0 aliphatic carbocycles. The van der Waals surface area contributed by atoms with E-state index in [1.807, 2.05) is 30.3 Å². The molecule has 0 saturated heterocycles. The van der Waals surface area contributed by atoms with Crippen molar-refractivity contribution in [1.29, 1.82) is 0 Å². The molecule has 2 aromatic carbocycles. The van der Waals surface area contributed by atoms with E-state index in [1.165, 1.54) is 23.8 Å². The molecule has 3 aromatic rings. The fourth-order valence-corrected chi connectivity index (χ4v) is 3.86. The number of carbonyl (C=O) groups is 2. The number of fused-ring (bicyclic) bond motifs is 1. The molecule has 1 aliphatic rings. The number of amides is 2. The average molecular weight is 431 g/mol. The van der Waals surface area contributed by atoms with Gasteiger partial charge in [0.05, 0.1) is 11.0 Å². The van der Waals surface area contributed by atoms with Crippen LogP contribution in [0.3, 0.4) is 0 Å². The maximum atomic E-state index is 12.5. The first-order chi connectivity index (χ1) is 15.5. The van der Waals surface area contributed by atoms with Crippen LogP contribution in [0.15, 0.2) is 73.1 Å². The standard InChI is InChI=1S/C23H21N5O4/c29-22(23(30)26-18-8-2-4-10-20(18)28(31)32)25-15-21(17-7-5-12-24-14-17)27-13-11-16-6-1-3-9-19(16)27/h1-10,12,14,21H,11,13,15H2,(H,25,29)(H,26,30). The van der Waals surface area contributed by atoms with Gasteiger partial charge in [-0.2, -0.15) is 0 Å². The van der Waals surface area contributed by atoms with Gasteiger partial charge < -0.3 is 15.5 Å². The molecule has 0 fully saturated rings. The van der Waals surface area contributed by atoms with E-state index in [4.69, 9.17) is 0 Å². The van der Waals surface area contributed by atoms with E-state index in [9.17, 15) is 19.7 Å². The topological polar surface area (TPSA) is 117 Å². The quantitative estimate of drug-likeness (QED) is 0.352. The van der Waals surface area contributed by atoms with Crippen molar-refractivity contribution >= 4 is 28.9 Å². The number of benzene rings is 2. The smallest absolute Gasteiger partial charge is 0.313 e. The number of pyridine rings is 1. The highest BCUT2D eigenvalue weighted by molar-refractivity contribution is 6.39. The first-order valence-corrected chi connectivity index (χ1v) is 10.1. The molecule has 2 N–H and O–H groups in total. The second kappa shape index (κ2) is 9.25. The van der Waals surface area contributed by atoms with Gasteiger partial charge in [0.15, 0.2) is 0 Å². The molecular formula is C23H21N5O4. The highest BCUT2D eigenvalue weighted by Crippen LogP contribution is 2.34. The lowest BCUT2D eigenvalue weighted by Crippen LogP contribution is -2.41. The van der Waals surface area contributed by atoms with Gasteiger partial charge >= 0.3 is 11.8 Å². The zero-order valence-electron chi connectivity index (χ0n) is 17.1. The van der Waals surface area contributed by atoms with E-state index in [-0.39, 0.29) is 24.0 Å². The van der Waals surface area contributed by atoms with Crippen LogP contribution in [-0.2, 0) is 16.0 Å². The highest BCUT2D eigenvalue weighted by Gasteiger charge is 2.28. The van der Waals surface area contributed by atoms with Gasteiger partial charge in [-0.15, -0.1) is 0 Å². The van der Waals surface area contributed by atoms with E-state index in [1.54, 1.807) is 18.5 Å². The molecule has 0 radical (unpaired) electrons. The number of hydrogen-bond acceptors (Lipinski definition) is 6. The fourth-order valence-electron chi connectivity index (χ4n) is 3.86. The third-order valence-corrected chi connectivity index (χ3v) is 5.38. The first kappa shape index (κ1) is 21.0. The number of hydrogen-bond donors (Lipinski definition) is 2. The summed E-state index contributed by atoms with van der Waals surface area (Å²) in [6.07, 6.45) is 4.31. The Morgan fingerprint density at radius 3 is 2.62 bits per heavy atom. The summed E-state index contributed by atoms with van der Waals surface area (Å²) in [6.45, 7) is 0.945. The molecule has 162 valence electrons. The molecule has 1 atom stereocenters. The fraction of sp³-hybridized carbons (Fsp3) is 0.174. The molecule has 32 heavy (non-hydrogen) atoms. The van der Waals surface area contributed by atoms with Crippen LogP contribution in [0.1, 0.15) is 17.2 Å². The van der Waals surface area contributed by atoms with Crippen molar-refractivity contribution in [3.05, 3.63) is 94.3 Å². The van der Waals surface area contributed by atoms with E-state index in [2.05, 4.69) is 26.6 Å². The Labute approximate surface area is 184 Å². The SMILES string of the molecule is O=C(NCC(c1cccnc1)N1CCc2ccccc21)C(=O)Nc1ccccc1[N+](=O)[O-]. The van der Waals surface area contributed by atoms with E-state index in [0.29, 0.717) is 0 Å². The van der Waals surface area contributed by atoms with Gasteiger partial charge in [0, 0.05) is 37.2 Å². The summed E-state index contributed by atoms with van der Waals surface area (Å²) in [6, 6.07) is 17.3. The van der Waals surface area contributed by atoms with Crippen LogP contribution in [0.2, 0.25) is 0 Å². The Morgan fingerprint density at radius 2 is 1.84 bits per heavy atom. The van der Waals surface area contributed by atoms with Crippen molar-refractivity contribution in [3.8, 4) is 0 Å². The zero-order valence-corrected chi connectivity index (χ0v) is 17.1. The Bertz CT molecular complexity index is 1150. The summed E-state index contributed by atoms with van der Waals surface area (Å²) >= 11 is 0. The number of para-hydroxylation sites is 3. The van der Waals surface area contributed by atoms with Crippen molar-refractivity contribution in [3.63, 3.8) is 0 Å². The summed E-state index contributed by atoms with van der Waals surface area (Å²) in [7, 11) is 0. The van der Waals surface area contributed by atoms with Crippen molar-refractivity contribution in [2.45, 2.75) is 12.5 Å². The molecule has 9 heteroatoms. The zero-order chi connectivity index (χ0) is 22.5. The number of anilines is 2. The van der Waals surface area contributed by atoms with Gasteiger partial charge in [-0.25, -0.2) is 0 Å². The van der Waals surface area contributed by atoms with Crippen molar-refractivity contribution < 1.29 is 14.5 Å². The Balaban J connectivity index is 1.49. The Kier molecular flexibility index (Phi) is 6.07. The minimum Gasteiger partial charge on any atom is -0.362 e. The molecule has 0 bridgehead atoms. The first-order valence-electron chi connectivity index (χ1n) is 10.1. The second-order valence-corrected chi connectivity index (χ2v) is 7.31. The highest BCUT2D eigenvalue weighted by atomic mass is 16.6. The van der Waals surface area contributed by atoms with Gasteiger partial charge in [0.1, 0.15) is 5.69 Å². The number of nitrogens with one attached hydrogen (secondary N) is 2. The minimum absolute atomic E-state index is 0.0325. The predicted octanol–water partition coefficient (Wildman–Crippen LogP) is 2.85. The number of aromatic nitrogens is 1. The summed E-state index contributed by atoms with van der Waals surface area (Å²) in [4.78, 5) is 41.8. The molecule has 9 nitrogen and oxygen atoms in total. The third-order valence-electron chi connectivity index (χ3n) is 5.38. The van der Waals surface area contributed by atoms with Crippen LogP contribution >= 0.6 is 0 Å². The Hall–Kier alpha value is -4.27. The van der Waals surface area contributed by atoms with Crippen LogP contribution in [0.5, 0.6) is 0 Å². The lowest BCUT2D eigenvalue weighted by atomic mass is 10.1. The number of rotatable bonds is 6. The molecule has 2 heterocycles. The summed E-state index contributed by atoms with van der Waals surface area (Å²) < 4.78 is 0. The van der Waals surface area contributed by atoms with Gasteiger partial charge in [-0.3, -0.25) is 24.7 Å². The number of nitro benzene ring substituents is 1. The van der Waals surface area contributed by atoms with Gasteiger partial charge in [-0.1, -0.05) is 36.4 Å². The molecule has 0 saturated carbocycles. The van der Waals surface area contributed by atoms with Crippen LogP contribution < -0.4 is 15.5 Å². The summed E-state index contributed by atoms with van der Waals surface area (Å²) in [5, 5.41) is 16.1. The van der Waals surface area contributed by atoms with Crippen molar-refractivity contribution in [2.24, 2.45) is 0 Å². The van der Waals surface area contributed by atoms with E-state index < -0.39 is 16.7 Å². The minimum atomic E-state index is -0.967. The van der Waals surface area contributed by atoms with Crippen LogP contribution in [-0.4, -0.2) is 34.8 Å². The molecule has 0 spiro atoms. The Morgan fingerprint density at radius 1 is 1.06 bits per heavy atom. The van der Waals surface area contributed by atoms with Crippen LogP contribution in [0.25, 0.3) is 0 Å². The maximum absolute atomic E-state index is 12.5. The maximum Gasteiger partial charge on any atom is 0.313 e. The molecular weight excluding hydrogens is 410 g/mol. The monoisotopic (exact) mass is 431 g/mol. The molecule has 1 unspecified atom stereocenters. The summed E-state index contributed by atoms with van der Waals surface area (Å²) in [5.41, 5.74) is 2.90. The van der Waals surface area contributed by atoms with Gasteiger partial charge in [-0.05, 0) is 35.7 Å². The van der Waals surface area contributed by atoms with Crippen LogP contribution in [0, 0.1) is 10.1 Å². The number of nitrogens with zero attached hydrogens (tertiary/aromatic N) is 3. The average Bonchev–Trinajstić information content (AvgIpc) is 3.24. The normalized spacial score (nSPS) is 13.2. The molecule has 1 aliphatic heterocycles. The van der Waals surface area contributed by atoms with Gasteiger partial charge in [0.2, 0.25) is 0 Å². The van der Waals surface area contributed by atoms with E-state index >= 15 is 0 Å². The number of nitro groups is 1. The van der Waals surface area contributed by atoms with Crippen molar-refractivity contribution in [1.82, 2.24) is 10.3 Å². The number of carbonyl (C=O) groups excluding carboxylic acids is 2. The lowest BCUT2D eigenvalue weighted by molar-refractivity contribution is -0.383. The lowest BCUT2D eigenvalue weighted by Gasteiger charge is -2.30. The summed E-state index contributed by atoms with van der Waals surface area (Å²) in [5.74, 6) is -1.84. The molecule has 2 amide bonds. The van der Waals surface area contributed by atoms with E-state index in [0.717, 1.165) is 24.2 Å². The van der Waals surface area contributed by atoms with Gasteiger partial charge in [0.25, 0.3) is 5.69 Å².